The number of hydrogen-bond acceptors (Lipinski definition) is 2. The van der Waals surface area contributed by atoms with Crippen LogP contribution in [0.5, 0.6) is 0 Å². The summed E-state index contributed by atoms with van der Waals surface area (Å²) in [6.07, 6.45) is 2.09. The first kappa shape index (κ1) is 14.9. The molecule has 2 atom stereocenters. The van der Waals surface area contributed by atoms with Crippen molar-refractivity contribution in [1.29, 1.82) is 0 Å². The Morgan fingerprint density at radius 2 is 2.05 bits per heavy atom. The maximum absolute atomic E-state index is 13.6. The summed E-state index contributed by atoms with van der Waals surface area (Å²) < 4.78 is 14.5. The highest BCUT2D eigenvalue weighted by molar-refractivity contribution is 9.10. The molecule has 0 spiro atoms. The normalized spacial score (nSPS) is 25.6. The quantitative estimate of drug-likeness (QED) is 0.848. The van der Waals surface area contributed by atoms with Gasteiger partial charge in [-0.05, 0) is 63.9 Å². The van der Waals surface area contributed by atoms with E-state index in [1.54, 1.807) is 12.1 Å². The molecule has 0 saturated carbocycles. The molecule has 106 valence electrons. The van der Waals surface area contributed by atoms with Gasteiger partial charge in [-0.3, -0.25) is 4.90 Å². The molecule has 0 aromatic heterocycles. The molecular formula is C15H22BrFN2. The summed E-state index contributed by atoms with van der Waals surface area (Å²) in [5.74, 6) is -0.204. The van der Waals surface area contributed by atoms with Crippen LogP contribution in [0.4, 0.5) is 4.39 Å². The van der Waals surface area contributed by atoms with Gasteiger partial charge >= 0.3 is 0 Å². The molecular weight excluding hydrogens is 307 g/mol. The zero-order valence-corrected chi connectivity index (χ0v) is 13.4. The Labute approximate surface area is 123 Å². The summed E-state index contributed by atoms with van der Waals surface area (Å²) in [4.78, 5) is 2.39. The van der Waals surface area contributed by atoms with Crippen LogP contribution in [-0.4, -0.2) is 23.0 Å². The summed E-state index contributed by atoms with van der Waals surface area (Å²) in [6, 6.07) is 4.97. The largest absolute Gasteiger partial charge is 0.326 e. The first-order valence-electron chi connectivity index (χ1n) is 6.78. The third kappa shape index (κ3) is 3.18. The third-order valence-electron chi connectivity index (χ3n) is 3.82. The maximum atomic E-state index is 13.6. The zero-order valence-electron chi connectivity index (χ0n) is 11.8. The minimum atomic E-state index is -0.204. The SMILES string of the molecule is CC(C)(C)N1CCCC(N)C1c1cc(F)ccc1Br. The minimum absolute atomic E-state index is 0.0223. The second-order valence-electron chi connectivity index (χ2n) is 6.28. The van der Waals surface area contributed by atoms with Gasteiger partial charge in [0, 0.05) is 16.1 Å². The maximum Gasteiger partial charge on any atom is 0.123 e. The smallest absolute Gasteiger partial charge is 0.123 e. The Morgan fingerprint density at radius 1 is 1.37 bits per heavy atom. The first-order chi connectivity index (χ1) is 8.80. The molecule has 1 aliphatic heterocycles. The molecule has 1 aromatic carbocycles. The van der Waals surface area contributed by atoms with E-state index in [1.807, 2.05) is 0 Å². The Kier molecular flexibility index (Phi) is 4.33. The van der Waals surface area contributed by atoms with Gasteiger partial charge in [-0.1, -0.05) is 15.9 Å². The van der Waals surface area contributed by atoms with E-state index in [4.69, 9.17) is 5.73 Å². The highest BCUT2D eigenvalue weighted by atomic mass is 79.9. The standard InChI is InChI=1S/C15H22BrFN2/c1-15(2,3)19-8-4-5-13(18)14(19)11-9-10(17)6-7-12(11)16/h6-7,9,13-14H,4-5,8,18H2,1-3H3. The van der Waals surface area contributed by atoms with E-state index in [-0.39, 0.29) is 23.4 Å². The summed E-state index contributed by atoms with van der Waals surface area (Å²) in [5, 5.41) is 0. The van der Waals surface area contributed by atoms with Crippen LogP contribution in [-0.2, 0) is 0 Å². The molecule has 0 amide bonds. The van der Waals surface area contributed by atoms with Crippen molar-refractivity contribution in [3.05, 3.63) is 34.1 Å². The van der Waals surface area contributed by atoms with E-state index in [0.717, 1.165) is 29.4 Å². The molecule has 1 heterocycles. The van der Waals surface area contributed by atoms with Gasteiger partial charge in [0.1, 0.15) is 5.82 Å². The summed E-state index contributed by atoms with van der Waals surface area (Å²) in [6.45, 7) is 7.56. The van der Waals surface area contributed by atoms with Gasteiger partial charge in [0.25, 0.3) is 0 Å². The number of nitrogens with zero attached hydrogens (tertiary/aromatic N) is 1. The lowest BCUT2D eigenvalue weighted by atomic mass is 9.87. The van der Waals surface area contributed by atoms with Crippen molar-refractivity contribution in [2.24, 2.45) is 5.73 Å². The molecule has 2 rings (SSSR count). The predicted molar refractivity (Wildman–Crippen MR) is 80.5 cm³/mol. The van der Waals surface area contributed by atoms with Crippen LogP contribution in [0.3, 0.4) is 0 Å². The summed E-state index contributed by atoms with van der Waals surface area (Å²) >= 11 is 3.54. The first-order valence-corrected chi connectivity index (χ1v) is 7.57. The lowest BCUT2D eigenvalue weighted by Gasteiger charge is -2.47. The highest BCUT2D eigenvalue weighted by Gasteiger charge is 2.37. The predicted octanol–water partition coefficient (Wildman–Crippen LogP) is 3.85. The van der Waals surface area contributed by atoms with Crippen molar-refractivity contribution >= 4 is 15.9 Å². The van der Waals surface area contributed by atoms with Crippen LogP contribution in [0, 0.1) is 5.82 Å². The van der Waals surface area contributed by atoms with E-state index < -0.39 is 0 Å². The van der Waals surface area contributed by atoms with Gasteiger partial charge in [-0.2, -0.15) is 0 Å². The average Bonchev–Trinajstić information content (AvgIpc) is 2.31. The molecule has 2 unspecified atom stereocenters. The fraction of sp³-hybridized carbons (Fsp3) is 0.600. The molecule has 2 N–H and O–H groups in total. The van der Waals surface area contributed by atoms with Crippen LogP contribution in [0.15, 0.2) is 22.7 Å². The third-order valence-corrected chi connectivity index (χ3v) is 4.54. The molecule has 1 aromatic rings. The monoisotopic (exact) mass is 328 g/mol. The fourth-order valence-corrected chi connectivity index (χ4v) is 3.40. The average molecular weight is 329 g/mol. The summed E-state index contributed by atoms with van der Waals surface area (Å²) in [5.41, 5.74) is 7.31. The number of benzene rings is 1. The van der Waals surface area contributed by atoms with Gasteiger partial charge in [0.15, 0.2) is 0 Å². The minimum Gasteiger partial charge on any atom is -0.326 e. The van der Waals surface area contributed by atoms with E-state index >= 15 is 0 Å². The number of halogens is 2. The van der Waals surface area contributed by atoms with Crippen LogP contribution in [0.25, 0.3) is 0 Å². The molecule has 4 heteroatoms. The van der Waals surface area contributed by atoms with E-state index in [2.05, 4.69) is 41.6 Å². The van der Waals surface area contributed by atoms with Crippen molar-refractivity contribution in [2.45, 2.75) is 51.2 Å². The molecule has 0 aliphatic carbocycles. The van der Waals surface area contributed by atoms with Crippen molar-refractivity contribution in [3.63, 3.8) is 0 Å². The Morgan fingerprint density at radius 3 is 2.68 bits per heavy atom. The summed E-state index contributed by atoms with van der Waals surface area (Å²) in [7, 11) is 0. The van der Waals surface area contributed by atoms with E-state index in [1.165, 1.54) is 6.07 Å². The molecule has 0 bridgehead atoms. The van der Waals surface area contributed by atoms with Crippen molar-refractivity contribution < 1.29 is 4.39 Å². The van der Waals surface area contributed by atoms with E-state index in [9.17, 15) is 4.39 Å². The molecule has 1 fully saturated rings. The molecule has 1 saturated heterocycles. The van der Waals surface area contributed by atoms with Gasteiger partial charge < -0.3 is 5.73 Å². The number of hydrogen-bond donors (Lipinski definition) is 1. The van der Waals surface area contributed by atoms with Crippen LogP contribution in [0.2, 0.25) is 0 Å². The van der Waals surface area contributed by atoms with Crippen LogP contribution in [0.1, 0.15) is 45.2 Å². The lowest BCUT2D eigenvalue weighted by molar-refractivity contribution is 0.0379. The van der Waals surface area contributed by atoms with Crippen molar-refractivity contribution in [3.8, 4) is 0 Å². The van der Waals surface area contributed by atoms with Crippen molar-refractivity contribution in [1.82, 2.24) is 4.90 Å². The molecule has 2 nitrogen and oxygen atoms in total. The zero-order chi connectivity index (χ0) is 14.2. The Bertz CT molecular complexity index is 456. The second kappa shape index (κ2) is 5.51. The number of rotatable bonds is 1. The Hall–Kier alpha value is -0.450. The second-order valence-corrected chi connectivity index (χ2v) is 7.14. The van der Waals surface area contributed by atoms with Gasteiger partial charge in [-0.25, -0.2) is 4.39 Å². The number of nitrogens with two attached hydrogens (primary N) is 1. The molecule has 19 heavy (non-hydrogen) atoms. The Balaban J connectivity index is 2.45. The van der Waals surface area contributed by atoms with Gasteiger partial charge in [-0.15, -0.1) is 0 Å². The van der Waals surface area contributed by atoms with Gasteiger partial charge in [0.05, 0.1) is 6.04 Å². The molecule has 0 radical (unpaired) electrons. The highest BCUT2D eigenvalue weighted by Crippen LogP contribution is 2.38. The number of piperidine rings is 1. The number of likely N-dealkylation sites (tertiary alicyclic amines) is 1. The van der Waals surface area contributed by atoms with Gasteiger partial charge in [0.2, 0.25) is 0 Å². The fourth-order valence-electron chi connectivity index (χ4n) is 2.92. The van der Waals surface area contributed by atoms with Crippen molar-refractivity contribution in [2.75, 3.05) is 6.54 Å². The van der Waals surface area contributed by atoms with Crippen LogP contribution >= 0.6 is 15.9 Å². The van der Waals surface area contributed by atoms with Crippen LogP contribution < -0.4 is 5.73 Å². The topological polar surface area (TPSA) is 29.3 Å². The molecule has 1 aliphatic rings. The lowest BCUT2D eigenvalue weighted by Crippen LogP contribution is -2.53. The van der Waals surface area contributed by atoms with E-state index in [0.29, 0.717) is 0 Å².